The number of fused-ring (bicyclic) bond motifs is 1. The minimum atomic E-state index is -0.307. The summed E-state index contributed by atoms with van der Waals surface area (Å²) in [6.07, 6.45) is 6.96. The van der Waals surface area contributed by atoms with E-state index in [0.29, 0.717) is 0 Å². The van der Waals surface area contributed by atoms with E-state index in [1.54, 1.807) is 6.33 Å². The van der Waals surface area contributed by atoms with E-state index in [0.717, 1.165) is 18.1 Å². The number of hydrogen-bond donors (Lipinski definition) is 1. The van der Waals surface area contributed by atoms with Gasteiger partial charge in [-0.1, -0.05) is 19.8 Å². The van der Waals surface area contributed by atoms with Crippen molar-refractivity contribution in [1.82, 2.24) is 9.55 Å². The van der Waals surface area contributed by atoms with Crippen LogP contribution >= 0.6 is 0 Å². The Balaban J connectivity index is 2.15. The third-order valence-electron chi connectivity index (χ3n) is 2.85. The second-order valence-corrected chi connectivity index (χ2v) is 4.17. The quantitative estimate of drug-likeness (QED) is 0.782. The number of aromatic nitrogens is 2. The molecule has 0 spiro atoms. The summed E-state index contributed by atoms with van der Waals surface area (Å²) < 4.78 is 2.01. The molecule has 0 aromatic carbocycles. The number of nitrogens with zero attached hydrogens (tertiary/aromatic N) is 4. The van der Waals surface area contributed by atoms with Gasteiger partial charge in [0.25, 0.3) is 0 Å². The van der Waals surface area contributed by atoms with Gasteiger partial charge in [-0.25, -0.2) is 4.98 Å². The van der Waals surface area contributed by atoms with Crippen LogP contribution in [0.5, 0.6) is 0 Å². The van der Waals surface area contributed by atoms with Crippen LogP contribution in [0.1, 0.15) is 38.0 Å². The van der Waals surface area contributed by atoms with Crippen LogP contribution in [-0.2, 0) is 7.05 Å². The Kier molecular flexibility index (Phi) is 3.24. The lowest BCUT2D eigenvalue weighted by Crippen LogP contribution is -2.31. The van der Waals surface area contributed by atoms with Crippen molar-refractivity contribution < 1.29 is 0 Å². The molecule has 0 amide bonds. The SMILES string of the molecule is CCCCCN1C=NC(N)c2ncn(C)c21. The molecule has 0 saturated heterocycles. The molecule has 5 nitrogen and oxygen atoms in total. The van der Waals surface area contributed by atoms with Crippen molar-refractivity contribution in [2.75, 3.05) is 11.4 Å². The fourth-order valence-corrected chi connectivity index (χ4v) is 1.97. The second kappa shape index (κ2) is 4.65. The highest BCUT2D eigenvalue weighted by molar-refractivity contribution is 5.81. The molecule has 1 aromatic rings. The zero-order valence-corrected chi connectivity index (χ0v) is 9.93. The third-order valence-corrected chi connectivity index (χ3v) is 2.85. The number of hydrogen-bond acceptors (Lipinski definition) is 4. The molecule has 1 atom stereocenters. The van der Waals surface area contributed by atoms with E-state index >= 15 is 0 Å². The normalized spacial score (nSPS) is 18.9. The van der Waals surface area contributed by atoms with E-state index in [1.807, 2.05) is 18.0 Å². The average molecular weight is 221 g/mol. The zero-order chi connectivity index (χ0) is 11.5. The minimum absolute atomic E-state index is 0.307. The van der Waals surface area contributed by atoms with Crippen LogP contribution in [0.15, 0.2) is 11.3 Å². The zero-order valence-electron chi connectivity index (χ0n) is 9.93. The molecule has 0 aliphatic carbocycles. The maximum absolute atomic E-state index is 5.88. The molecule has 1 aromatic heterocycles. The fraction of sp³-hybridized carbons (Fsp3) is 0.636. The van der Waals surface area contributed by atoms with Crippen LogP contribution in [0.3, 0.4) is 0 Å². The molecular formula is C11H19N5. The van der Waals surface area contributed by atoms with Crippen molar-refractivity contribution >= 4 is 12.2 Å². The van der Waals surface area contributed by atoms with Gasteiger partial charge in [-0.3, -0.25) is 4.99 Å². The molecule has 2 N–H and O–H groups in total. The fourth-order valence-electron chi connectivity index (χ4n) is 1.97. The van der Waals surface area contributed by atoms with Crippen LogP contribution in [-0.4, -0.2) is 22.4 Å². The standard InChI is InChI=1S/C11H19N5/c1-3-4-5-6-16-8-14-10(12)9-11(16)15(2)7-13-9/h7-8,10H,3-6,12H2,1-2H3. The summed E-state index contributed by atoms with van der Waals surface area (Å²) in [5.74, 6) is 1.08. The first-order chi connectivity index (χ1) is 7.74. The van der Waals surface area contributed by atoms with E-state index < -0.39 is 0 Å². The van der Waals surface area contributed by atoms with Crippen LogP contribution in [0.2, 0.25) is 0 Å². The van der Waals surface area contributed by atoms with Gasteiger partial charge in [0.05, 0.1) is 12.7 Å². The average Bonchev–Trinajstić information content (AvgIpc) is 2.66. The maximum Gasteiger partial charge on any atom is 0.145 e. The van der Waals surface area contributed by atoms with Gasteiger partial charge in [-0.15, -0.1) is 0 Å². The van der Waals surface area contributed by atoms with Gasteiger partial charge >= 0.3 is 0 Å². The molecule has 1 aliphatic heterocycles. The number of anilines is 1. The van der Waals surface area contributed by atoms with Crippen molar-refractivity contribution in [3.05, 3.63) is 12.0 Å². The Bertz CT molecular complexity index is 382. The van der Waals surface area contributed by atoms with Crippen molar-refractivity contribution in [3.63, 3.8) is 0 Å². The molecule has 0 fully saturated rings. The molecule has 0 radical (unpaired) electrons. The second-order valence-electron chi connectivity index (χ2n) is 4.17. The lowest BCUT2D eigenvalue weighted by atomic mass is 10.2. The molecule has 5 heteroatoms. The smallest absolute Gasteiger partial charge is 0.145 e. The summed E-state index contributed by atoms with van der Waals surface area (Å²) in [5, 5.41) is 0. The van der Waals surface area contributed by atoms with Crippen LogP contribution in [0, 0.1) is 0 Å². The van der Waals surface area contributed by atoms with Gasteiger partial charge in [0.2, 0.25) is 0 Å². The predicted molar refractivity (Wildman–Crippen MR) is 65.5 cm³/mol. The van der Waals surface area contributed by atoms with Crippen LogP contribution < -0.4 is 10.6 Å². The Morgan fingerprint density at radius 3 is 3.00 bits per heavy atom. The lowest BCUT2D eigenvalue weighted by Gasteiger charge is -2.25. The van der Waals surface area contributed by atoms with Gasteiger partial charge in [0.15, 0.2) is 0 Å². The van der Waals surface area contributed by atoms with Gasteiger partial charge in [0, 0.05) is 13.6 Å². The largest absolute Gasteiger partial charge is 0.320 e. The number of imidazole rings is 1. The van der Waals surface area contributed by atoms with Crippen molar-refractivity contribution in [3.8, 4) is 0 Å². The molecule has 0 bridgehead atoms. The summed E-state index contributed by atoms with van der Waals surface area (Å²) in [7, 11) is 1.99. The van der Waals surface area contributed by atoms with Gasteiger partial charge < -0.3 is 15.2 Å². The predicted octanol–water partition coefficient (Wildman–Crippen LogP) is 1.42. The van der Waals surface area contributed by atoms with E-state index in [9.17, 15) is 0 Å². The molecule has 16 heavy (non-hydrogen) atoms. The van der Waals surface area contributed by atoms with Crippen LogP contribution in [0.4, 0.5) is 5.82 Å². The highest BCUT2D eigenvalue weighted by Gasteiger charge is 2.23. The molecule has 88 valence electrons. The van der Waals surface area contributed by atoms with Gasteiger partial charge in [-0.2, -0.15) is 0 Å². The number of nitrogens with two attached hydrogens (primary N) is 1. The molecule has 2 rings (SSSR count). The first kappa shape index (κ1) is 11.1. The third kappa shape index (κ3) is 1.95. The summed E-state index contributed by atoms with van der Waals surface area (Å²) >= 11 is 0. The van der Waals surface area contributed by atoms with Gasteiger partial charge in [-0.05, 0) is 6.42 Å². The summed E-state index contributed by atoms with van der Waals surface area (Å²) in [6.45, 7) is 3.19. The van der Waals surface area contributed by atoms with Crippen molar-refractivity contribution in [2.45, 2.75) is 32.4 Å². The number of aliphatic imine (C=N–C) groups is 1. The van der Waals surface area contributed by atoms with E-state index in [1.165, 1.54) is 19.3 Å². The number of aryl methyl sites for hydroxylation is 1. The maximum atomic E-state index is 5.88. The van der Waals surface area contributed by atoms with Gasteiger partial charge in [0.1, 0.15) is 17.7 Å². The molecular weight excluding hydrogens is 202 g/mol. The number of unbranched alkanes of at least 4 members (excludes halogenated alkanes) is 2. The highest BCUT2D eigenvalue weighted by Crippen LogP contribution is 2.27. The summed E-state index contributed by atoms with van der Waals surface area (Å²) in [4.78, 5) is 10.7. The minimum Gasteiger partial charge on any atom is -0.320 e. The Morgan fingerprint density at radius 2 is 2.25 bits per heavy atom. The number of rotatable bonds is 4. The first-order valence-electron chi connectivity index (χ1n) is 5.80. The summed E-state index contributed by atoms with van der Waals surface area (Å²) in [5.41, 5.74) is 6.75. The molecule has 2 heterocycles. The Morgan fingerprint density at radius 1 is 1.44 bits per heavy atom. The van der Waals surface area contributed by atoms with E-state index in [-0.39, 0.29) is 6.17 Å². The van der Waals surface area contributed by atoms with Crippen molar-refractivity contribution in [2.24, 2.45) is 17.8 Å². The first-order valence-corrected chi connectivity index (χ1v) is 5.80. The highest BCUT2D eigenvalue weighted by atomic mass is 15.3. The topological polar surface area (TPSA) is 59.4 Å². The molecule has 1 unspecified atom stereocenters. The Hall–Kier alpha value is -1.36. The lowest BCUT2D eigenvalue weighted by molar-refractivity contribution is 0.686. The van der Waals surface area contributed by atoms with E-state index in [4.69, 9.17) is 5.73 Å². The summed E-state index contributed by atoms with van der Waals surface area (Å²) in [6, 6.07) is 0. The molecule has 0 saturated carbocycles. The van der Waals surface area contributed by atoms with E-state index in [2.05, 4.69) is 21.8 Å². The van der Waals surface area contributed by atoms with Crippen molar-refractivity contribution in [1.29, 1.82) is 0 Å². The molecule has 1 aliphatic rings. The monoisotopic (exact) mass is 221 g/mol. The van der Waals surface area contributed by atoms with Crippen LogP contribution in [0.25, 0.3) is 0 Å². The Labute approximate surface area is 96.0 Å².